The number of sulfonamides is 1. The number of para-hydroxylation sites is 1. The number of methoxy groups -OCH3 is 2. The number of anilines is 1. The highest BCUT2D eigenvalue weighted by Gasteiger charge is 2.64. The van der Waals surface area contributed by atoms with Crippen LogP contribution in [0.1, 0.15) is 28.3 Å². The molecule has 4 aromatic rings. The average molecular weight is 716 g/mol. The van der Waals surface area contributed by atoms with E-state index in [-0.39, 0.29) is 39.9 Å². The molecular weight excluding hydrogens is 687 g/mol. The fourth-order valence-corrected chi connectivity index (χ4v) is 8.30. The van der Waals surface area contributed by atoms with Crippen LogP contribution in [0.3, 0.4) is 0 Å². The Labute approximate surface area is 285 Å². The standard InChI is InChI=1S/C34H29ClF3N3O7S/c1-39(2)31(42)30-23-10-6-5-9-20(23)19-40(30)33(24-11-7-8-12-27(24)47-4)25-17-21(35)13-15-26(25)41(32(33)43)49(44,45)29-16-14-22(46-3)18-28(29)48-34(36,37)38/h5-18,30H,19H2,1-4H3. The molecule has 0 saturated heterocycles. The first kappa shape index (κ1) is 34.1. The maximum absolute atomic E-state index is 15.5. The molecule has 2 amide bonds. The second-order valence-corrected chi connectivity index (χ2v) is 13.7. The van der Waals surface area contributed by atoms with E-state index in [0.29, 0.717) is 15.4 Å². The molecule has 2 atom stereocenters. The number of halogens is 4. The number of carbonyl (C=O) groups is 2. The SMILES string of the molecule is COc1ccc(S(=O)(=O)N2C(=O)C(c3ccccc3OC)(N3Cc4ccccc4C3C(=O)N(C)C)c3cc(Cl)ccc32)c(OC(F)(F)F)c1. The predicted octanol–water partition coefficient (Wildman–Crippen LogP) is 5.88. The van der Waals surface area contributed by atoms with Crippen molar-refractivity contribution in [3.05, 3.63) is 112 Å². The number of carbonyl (C=O) groups excluding carboxylic acids is 2. The van der Waals surface area contributed by atoms with Crippen LogP contribution in [-0.4, -0.2) is 64.7 Å². The van der Waals surface area contributed by atoms with Gasteiger partial charge in [0.1, 0.15) is 22.4 Å². The molecule has 2 heterocycles. The van der Waals surface area contributed by atoms with Crippen LogP contribution in [0.25, 0.3) is 0 Å². The van der Waals surface area contributed by atoms with Gasteiger partial charge in [-0.3, -0.25) is 14.5 Å². The van der Waals surface area contributed by atoms with Gasteiger partial charge in [-0.05, 0) is 47.5 Å². The largest absolute Gasteiger partial charge is 0.573 e. The van der Waals surface area contributed by atoms with Gasteiger partial charge in [0.2, 0.25) is 5.91 Å². The number of fused-ring (bicyclic) bond motifs is 2. The van der Waals surface area contributed by atoms with Gasteiger partial charge in [-0.15, -0.1) is 13.2 Å². The fraction of sp³-hybridized carbons (Fsp3) is 0.235. The summed E-state index contributed by atoms with van der Waals surface area (Å²) in [7, 11) is 0.479. The summed E-state index contributed by atoms with van der Waals surface area (Å²) >= 11 is 6.55. The molecule has 15 heteroatoms. The van der Waals surface area contributed by atoms with Crippen LogP contribution in [0.2, 0.25) is 5.02 Å². The Morgan fingerprint density at radius 2 is 1.61 bits per heavy atom. The van der Waals surface area contributed by atoms with E-state index in [4.69, 9.17) is 21.1 Å². The lowest BCUT2D eigenvalue weighted by molar-refractivity contribution is -0.275. The van der Waals surface area contributed by atoms with E-state index >= 15 is 4.79 Å². The average Bonchev–Trinajstić information content (AvgIpc) is 3.56. The smallest absolute Gasteiger partial charge is 0.497 e. The summed E-state index contributed by atoms with van der Waals surface area (Å²) in [4.78, 5) is 31.5. The summed E-state index contributed by atoms with van der Waals surface area (Å²) in [5.74, 6) is -2.57. The first-order valence-corrected chi connectivity index (χ1v) is 16.5. The molecule has 256 valence electrons. The number of amides is 2. The van der Waals surface area contributed by atoms with Crippen molar-refractivity contribution >= 4 is 39.1 Å². The van der Waals surface area contributed by atoms with Gasteiger partial charge >= 0.3 is 6.36 Å². The van der Waals surface area contributed by atoms with Crippen molar-refractivity contribution in [2.45, 2.75) is 29.4 Å². The van der Waals surface area contributed by atoms with E-state index in [2.05, 4.69) is 4.74 Å². The maximum atomic E-state index is 15.5. The Bertz CT molecular complexity index is 2090. The molecule has 10 nitrogen and oxygen atoms in total. The molecule has 0 radical (unpaired) electrons. The van der Waals surface area contributed by atoms with Crippen LogP contribution in [0.4, 0.5) is 18.9 Å². The van der Waals surface area contributed by atoms with Crippen molar-refractivity contribution < 1.29 is 45.4 Å². The van der Waals surface area contributed by atoms with E-state index < -0.39 is 50.4 Å². The Kier molecular flexibility index (Phi) is 8.54. The Morgan fingerprint density at radius 1 is 0.918 bits per heavy atom. The summed E-state index contributed by atoms with van der Waals surface area (Å²) in [5, 5.41) is 0.128. The summed E-state index contributed by atoms with van der Waals surface area (Å²) in [6, 6.07) is 19.2. The Hall–Kier alpha value is -4.79. The molecule has 6 rings (SSSR count). The number of likely N-dealkylation sites (N-methyl/N-ethyl adjacent to an activating group) is 1. The minimum Gasteiger partial charge on any atom is -0.497 e. The third-order valence-electron chi connectivity index (χ3n) is 8.56. The quantitative estimate of drug-likeness (QED) is 0.223. The highest BCUT2D eigenvalue weighted by Crippen LogP contribution is 2.57. The number of rotatable bonds is 8. The summed E-state index contributed by atoms with van der Waals surface area (Å²) in [6.07, 6.45) is -5.29. The first-order chi connectivity index (χ1) is 23.2. The lowest BCUT2D eigenvalue weighted by atomic mass is 9.80. The maximum Gasteiger partial charge on any atom is 0.573 e. The van der Waals surface area contributed by atoms with Crippen molar-refractivity contribution in [1.82, 2.24) is 9.80 Å². The van der Waals surface area contributed by atoms with Crippen molar-refractivity contribution in [1.29, 1.82) is 0 Å². The minimum atomic E-state index is -5.29. The van der Waals surface area contributed by atoms with Crippen molar-refractivity contribution in [2.24, 2.45) is 0 Å². The number of alkyl halides is 3. The van der Waals surface area contributed by atoms with Crippen LogP contribution < -0.4 is 18.5 Å². The number of nitrogens with zero attached hydrogens (tertiary/aromatic N) is 3. The van der Waals surface area contributed by atoms with Gasteiger partial charge in [-0.2, -0.15) is 0 Å². The zero-order valence-corrected chi connectivity index (χ0v) is 28.1. The van der Waals surface area contributed by atoms with E-state index in [1.807, 2.05) is 0 Å². The topological polar surface area (TPSA) is 106 Å². The second-order valence-electron chi connectivity index (χ2n) is 11.5. The van der Waals surface area contributed by atoms with Gasteiger partial charge in [-0.25, -0.2) is 12.7 Å². The zero-order chi connectivity index (χ0) is 35.5. The minimum absolute atomic E-state index is 0.00494. The number of ether oxygens (including phenoxy) is 3. The normalized spacial score (nSPS) is 19.0. The fourth-order valence-electron chi connectivity index (χ4n) is 6.56. The van der Waals surface area contributed by atoms with Crippen LogP contribution in [-0.2, 0) is 31.7 Å². The third kappa shape index (κ3) is 5.43. The lowest BCUT2D eigenvalue weighted by Gasteiger charge is -2.42. The van der Waals surface area contributed by atoms with Gasteiger partial charge in [0, 0.05) is 42.9 Å². The van der Waals surface area contributed by atoms with Crippen molar-refractivity contribution in [3.63, 3.8) is 0 Å². The highest BCUT2D eigenvalue weighted by molar-refractivity contribution is 7.93. The second kappa shape index (κ2) is 12.3. The first-order valence-electron chi connectivity index (χ1n) is 14.7. The highest BCUT2D eigenvalue weighted by atomic mass is 35.5. The summed E-state index contributed by atoms with van der Waals surface area (Å²) < 4.78 is 85.6. The van der Waals surface area contributed by atoms with Crippen LogP contribution in [0.15, 0.2) is 89.8 Å². The van der Waals surface area contributed by atoms with Crippen molar-refractivity contribution in [3.8, 4) is 17.2 Å². The Morgan fingerprint density at radius 3 is 2.29 bits per heavy atom. The number of benzene rings is 4. The Balaban J connectivity index is 1.69. The van der Waals surface area contributed by atoms with E-state index in [9.17, 15) is 26.4 Å². The van der Waals surface area contributed by atoms with Gasteiger partial charge < -0.3 is 19.1 Å². The lowest BCUT2D eigenvalue weighted by Crippen LogP contribution is -2.56. The van der Waals surface area contributed by atoms with Crippen LogP contribution >= 0.6 is 11.6 Å². The summed E-state index contributed by atoms with van der Waals surface area (Å²) in [6.45, 7) is -0.00494. The van der Waals surface area contributed by atoms with Crippen LogP contribution in [0.5, 0.6) is 17.2 Å². The molecule has 2 unspecified atom stereocenters. The molecule has 0 fully saturated rings. The molecule has 0 bridgehead atoms. The molecule has 0 aliphatic carbocycles. The van der Waals surface area contributed by atoms with Crippen LogP contribution in [0, 0.1) is 0 Å². The number of hydrogen-bond acceptors (Lipinski definition) is 8. The molecule has 49 heavy (non-hydrogen) atoms. The van der Waals surface area contributed by atoms with Gasteiger partial charge in [0.25, 0.3) is 15.9 Å². The summed E-state index contributed by atoms with van der Waals surface area (Å²) in [5.41, 5.74) is -0.785. The molecule has 2 aliphatic heterocycles. The molecule has 0 N–H and O–H groups in total. The molecule has 2 aliphatic rings. The van der Waals surface area contributed by atoms with Gasteiger partial charge in [-0.1, -0.05) is 54.1 Å². The van der Waals surface area contributed by atoms with Gasteiger partial charge in [0.05, 0.1) is 19.9 Å². The molecule has 0 spiro atoms. The molecule has 4 aromatic carbocycles. The van der Waals surface area contributed by atoms with Crippen molar-refractivity contribution in [2.75, 3.05) is 32.6 Å². The van der Waals surface area contributed by atoms with E-state index in [0.717, 1.165) is 18.2 Å². The molecule has 0 saturated carbocycles. The monoisotopic (exact) mass is 715 g/mol. The van der Waals surface area contributed by atoms with E-state index in [1.165, 1.54) is 37.3 Å². The molecular formula is C34H29ClF3N3O7S. The zero-order valence-electron chi connectivity index (χ0n) is 26.5. The van der Waals surface area contributed by atoms with Gasteiger partial charge in [0.15, 0.2) is 11.3 Å². The molecule has 0 aromatic heterocycles. The number of hydrogen-bond donors (Lipinski definition) is 0. The third-order valence-corrected chi connectivity index (χ3v) is 10.5. The van der Waals surface area contributed by atoms with E-state index in [1.54, 1.807) is 67.5 Å². The predicted molar refractivity (Wildman–Crippen MR) is 173 cm³/mol.